The lowest BCUT2D eigenvalue weighted by atomic mass is 10.1. The molecule has 108 valence electrons. The molecule has 2 nitrogen and oxygen atoms in total. The number of ether oxygens (including phenoxy) is 1. The van der Waals surface area contributed by atoms with E-state index in [1.807, 2.05) is 13.0 Å². The Labute approximate surface area is 131 Å². The van der Waals surface area contributed by atoms with Gasteiger partial charge in [0, 0.05) is 10.9 Å². The van der Waals surface area contributed by atoms with E-state index in [9.17, 15) is 4.39 Å². The fourth-order valence-electron chi connectivity index (χ4n) is 1.76. The second kappa shape index (κ2) is 6.76. The van der Waals surface area contributed by atoms with Crippen molar-refractivity contribution in [2.75, 3.05) is 0 Å². The molecule has 0 bridgehead atoms. The monoisotopic (exact) mass is 333 g/mol. The van der Waals surface area contributed by atoms with E-state index in [-0.39, 0.29) is 17.2 Å². The van der Waals surface area contributed by atoms with E-state index in [0.29, 0.717) is 10.1 Å². The summed E-state index contributed by atoms with van der Waals surface area (Å²) in [6.45, 7) is 1.97. The molecule has 0 amide bonds. The molecule has 0 saturated carbocycles. The van der Waals surface area contributed by atoms with E-state index in [1.54, 1.807) is 6.07 Å². The van der Waals surface area contributed by atoms with Gasteiger partial charge >= 0.3 is 0 Å². The minimum atomic E-state index is -0.405. The summed E-state index contributed by atoms with van der Waals surface area (Å²) in [6.07, 6.45) is 0.374. The van der Waals surface area contributed by atoms with Crippen LogP contribution in [-0.4, -0.2) is 6.04 Å². The number of nitrogens with two attached hydrogens (primary N) is 1. The van der Waals surface area contributed by atoms with E-state index in [1.165, 1.54) is 29.5 Å². The molecule has 20 heavy (non-hydrogen) atoms. The largest absolute Gasteiger partial charge is 0.482 e. The first-order valence-electron chi connectivity index (χ1n) is 6.13. The van der Waals surface area contributed by atoms with Crippen LogP contribution < -0.4 is 10.5 Å². The highest BCUT2D eigenvalue weighted by Crippen LogP contribution is 2.35. The smallest absolute Gasteiger partial charge is 0.148 e. The van der Waals surface area contributed by atoms with Crippen LogP contribution in [0.3, 0.4) is 0 Å². The summed E-state index contributed by atoms with van der Waals surface area (Å²) in [7, 11) is 0. The first-order chi connectivity index (χ1) is 9.51. The Morgan fingerprint density at radius 3 is 2.60 bits per heavy atom. The highest BCUT2D eigenvalue weighted by atomic mass is 35.5. The fraction of sp³-hybridized carbons (Fsp3) is 0.286. The summed E-state index contributed by atoms with van der Waals surface area (Å²) < 4.78 is 19.6. The Bertz CT molecular complexity index is 590. The number of halogens is 3. The molecule has 1 heterocycles. The molecular weight excluding hydrogens is 320 g/mol. The van der Waals surface area contributed by atoms with Crippen LogP contribution in [0.2, 0.25) is 9.36 Å². The third-order valence-corrected chi connectivity index (χ3v) is 4.47. The van der Waals surface area contributed by atoms with Crippen molar-refractivity contribution in [2.24, 2.45) is 5.73 Å². The predicted octanol–water partition coefficient (Wildman–Crippen LogP) is 5.05. The van der Waals surface area contributed by atoms with Gasteiger partial charge in [0.2, 0.25) is 0 Å². The maximum atomic E-state index is 13.1. The summed E-state index contributed by atoms with van der Waals surface area (Å²) in [5.41, 5.74) is 6.11. The topological polar surface area (TPSA) is 35.2 Å². The molecule has 1 aromatic heterocycles. The average molecular weight is 334 g/mol. The van der Waals surface area contributed by atoms with Crippen molar-refractivity contribution in [3.8, 4) is 5.75 Å². The van der Waals surface area contributed by atoms with Gasteiger partial charge in [0.25, 0.3) is 0 Å². The molecule has 0 aliphatic rings. The van der Waals surface area contributed by atoms with Crippen LogP contribution in [0.25, 0.3) is 0 Å². The van der Waals surface area contributed by atoms with E-state index in [2.05, 4.69) is 0 Å². The van der Waals surface area contributed by atoms with Crippen molar-refractivity contribution in [1.29, 1.82) is 0 Å². The minimum absolute atomic E-state index is 0.203. The van der Waals surface area contributed by atoms with Gasteiger partial charge in [0.1, 0.15) is 17.7 Å². The number of rotatable bonds is 5. The van der Waals surface area contributed by atoms with Crippen molar-refractivity contribution in [3.05, 3.63) is 50.4 Å². The Morgan fingerprint density at radius 2 is 2.05 bits per heavy atom. The zero-order valence-corrected chi connectivity index (χ0v) is 13.1. The zero-order chi connectivity index (χ0) is 14.7. The summed E-state index contributed by atoms with van der Waals surface area (Å²) in [4.78, 5) is 0.921. The van der Waals surface area contributed by atoms with Crippen molar-refractivity contribution in [1.82, 2.24) is 0 Å². The lowest BCUT2D eigenvalue weighted by molar-refractivity contribution is 0.174. The van der Waals surface area contributed by atoms with Crippen LogP contribution in [0.15, 0.2) is 30.3 Å². The third-order valence-electron chi connectivity index (χ3n) is 2.88. The van der Waals surface area contributed by atoms with E-state index < -0.39 is 5.82 Å². The van der Waals surface area contributed by atoms with E-state index >= 15 is 0 Å². The predicted molar refractivity (Wildman–Crippen MR) is 82.4 cm³/mol. The first-order valence-corrected chi connectivity index (χ1v) is 7.71. The third kappa shape index (κ3) is 3.64. The highest BCUT2D eigenvalue weighted by molar-refractivity contribution is 7.16. The van der Waals surface area contributed by atoms with Gasteiger partial charge in [-0.15, -0.1) is 11.3 Å². The summed E-state index contributed by atoms with van der Waals surface area (Å²) in [6, 6.07) is 7.49. The molecule has 0 radical (unpaired) electrons. The van der Waals surface area contributed by atoms with E-state index in [4.69, 9.17) is 33.7 Å². The van der Waals surface area contributed by atoms with Crippen LogP contribution >= 0.6 is 34.5 Å². The molecule has 2 unspecified atom stereocenters. The van der Waals surface area contributed by atoms with Gasteiger partial charge in [-0.25, -0.2) is 4.39 Å². The second-order valence-corrected chi connectivity index (χ2v) is 6.48. The van der Waals surface area contributed by atoms with Crippen LogP contribution in [-0.2, 0) is 0 Å². The summed E-state index contributed by atoms with van der Waals surface area (Å²) in [5.74, 6) is 0.00403. The zero-order valence-electron chi connectivity index (χ0n) is 10.8. The number of thiophene rings is 1. The lowest BCUT2D eigenvalue weighted by Crippen LogP contribution is -2.31. The normalized spacial score (nSPS) is 14.1. The molecule has 1 aromatic carbocycles. The van der Waals surface area contributed by atoms with Gasteiger partial charge in [-0.3, -0.25) is 0 Å². The van der Waals surface area contributed by atoms with Crippen LogP contribution in [0.5, 0.6) is 5.75 Å². The second-order valence-electron chi connectivity index (χ2n) is 4.33. The molecular formula is C14H14Cl2FNOS. The standard InChI is InChI=1S/C14H14Cl2FNOS/c1-2-10(18)14(12-5-6-13(16)20-12)19-11-4-3-8(17)7-9(11)15/h3-7,10,14H,2,18H2,1H3. The van der Waals surface area contributed by atoms with Crippen LogP contribution in [0.4, 0.5) is 4.39 Å². The molecule has 2 rings (SSSR count). The van der Waals surface area contributed by atoms with Crippen molar-refractivity contribution in [2.45, 2.75) is 25.5 Å². The lowest BCUT2D eigenvalue weighted by Gasteiger charge is -2.23. The van der Waals surface area contributed by atoms with Crippen molar-refractivity contribution >= 4 is 34.5 Å². The minimum Gasteiger partial charge on any atom is -0.482 e. The first kappa shape index (κ1) is 15.6. The number of hydrogen-bond donors (Lipinski definition) is 1. The Hall–Kier alpha value is -0.810. The van der Waals surface area contributed by atoms with Gasteiger partial charge < -0.3 is 10.5 Å². The molecule has 2 N–H and O–H groups in total. The maximum absolute atomic E-state index is 13.1. The van der Waals surface area contributed by atoms with Gasteiger partial charge in [0.05, 0.1) is 9.36 Å². The molecule has 2 atom stereocenters. The Balaban J connectivity index is 2.28. The van der Waals surface area contributed by atoms with Crippen LogP contribution in [0.1, 0.15) is 24.3 Å². The Morgan fingerprint density at radius 1 is 1.30 bits per heavy atom. The molecule has 0 aliphatic heterocycles. The molecule has 0 saturated heterocycles. The average Bonchev–Trinajstić information content (AvgIpc) is 2.83. The Kier molecular flexibility index (Phi) is 5.27. The van der Waals surface area contributed by atoms with E-state index in [0.717, 1.165) is 11.3 Å². The quantitative estimate of drug-likeness (QED) is 0.830. The molecule has 0 aliphatic carbocycles. The van der Waals surface area contributed by atoms with Crippen molar-refractivity contribution < 1.29 is 9.13 Å². The molecule has 0 fully saturated rings. The number of hydrogen-bond acceptors (Lipinski definition) is 3. The van der Waals surface area contributed by atoms with Gasteiger partial charge in [-0.2, -0.15) is 0 Å². The van der Waals surface area contributed by atoms with Crippen molar-refractivity contribution in [3.63, 3.8) is 0 Å². The molecule has 2 aromatic rings. The fourth-order valence-corrected chi connectivity index (χ4v) is 3.14. The highest BCUT2D eigenvalue weighted by Gasteiger charge is 2.23. The maximum Gasteiger partial charge on any atom is 0.148 e. The van der Waals surface area contributed by atoms with Gasteiger partial charge in [-0.1, -0.05) is 30.1 Å². The van der Waals surface area contributed by atoms with Crippen LogP contribution in [0, 0.1) is 5.82 Å². The summed E-state index contributed by atoms with van der Waals surface area (Å²) in [5, 5.41) is 0.223. The molecule has 6 heteroatoms. The molecule has 0 spiro atoms. The van der Waals surface area contributed by atoms with Gasteiger partial charge in [-0.05, 0) is 36.8 Å². The SMILES string of the molecule is CCC(N)C(Oc1ccc(F)cc1Cl)c1ccc(Cl)s1. The summed E-state index contributed by atoms with van der Waals surface area (Å²) >= 11 is 13.4. The number of benzene rings is 1. The van der Waals surface area contributed by atoms with Gasteiger partial charge in [0.15, 0.2) is 0 Å².